The molecule has 1 aromatic heterocycles. The molecule has 1 heterocycles. The Hall–Kier alpha value is -2.30. The second kappa shape index (κ2) is 5.56. The van der Waals surface area contributed by atoms with Crippen molar-refractivity contribution in [2.45, 2.75) is 13.0 Å². The molecule has 0 fully saturated rings. The van der Waals surface area contributed by atoms with Gasteiger partial charge in [-0.3, -0.25) is 4.57 Å². The minimum atomic E-state index is -0.129. The number of benzene rings is 1. The number of imidazole rings is 1. The largest absolute Gasteiger partial charge is 0.496 e. The molecule has 2 aromatic rings. The van der Waals surface area contributed by atoms with Crippen LogP contribution >= 0.6 is 0 Å². The molecule has 0 aliphatic carbocycles. The topological polar surface area (TPSA) is 47.4 Å². The summed E-state index contributed by atoms with van der Waals surface area (Å²) in [6.07, 6.45) is 4.71. The third-order valence-electron chi connectivity index (χ3n) is 3.20. The van der Waals surface area contributed by atoms with Crippen LogP contribution in [-0.4, -0.2) is 34.6 Å². The van der Waals surface area contributed by atoms with Gasteiger partial charge in [0, 0.05) is 25.0 Å². The van der Waals surface area contributed by atoms with Gasteiger partial charge in [0.25, 0.3) is 0 Å². The molecule has 2 rings (SSSR count). The zero-order valence-electron chi connectivity index (χ0n) is 11.3. The van der Waals surface area contributed by atoms with Crippen LogP contribution in [0.5, 0.6) is 5.75 Å². The van der Waals surface area contributed by atoms with E-state index >= 15 is 0 Å². The van der Waals surface area contributed by atoms with Gasteiger partial charge in [0.2, 0.25) is 0 Å². The average molecular weight is 259 g/mol. The van der Waals surface area contributed by atoms with Gasteiger partial charge in [0.05, 0.1) is 13.2 Å². The summed E-state index contributed by atoms with van der Waals surface area (Å²) < 4.78 is 6.78. The molecule has 5 heteroatoms. The molecule has 0 saturated carbocycles. The lowest BCUT2D eigenvalue weighted by molar-refractivity contribution is 0.195. The monoisotopic (exact) mass is 259 g/mol. The molecule has 19 heavy (non-hydrogen) atoms. The molecular formula is C14H17N3O2. The van der Waals surface area contributed by atoms with Crippen molar-refractivity contribution < 1.29 is 9.53 Å². The van der Waals surface area contributed by atoms with Crippen molar-refractivity contribution in [1.29, 1.82) is 0 Å². The maximum Gasteiger partial charge on any atom is 0.329 e. The van der Waals surface area contributed by atoms with Crippen LogP contribution < -0.4 is 4.74 Å². The lowest BCUT2D eigenvalue weighted by Gasteiger charge is -2.26. The van der Waals surface area contributed by atoms with E-state index < -0.39 is 0 Å². The number of carbonyl (C=O) groups is 1. The van der Waals surface area contributed by atoms with Crippen LogP contribution in [0, 0.1) is 0 Å². The molecule has 0 bridgehead atoms. The number of para-hydroxylation sites is 1. The maximum absolute atomic E-state index is 12.2. The first-order valence-corrected chi connectivity index (χ1v) is 6.03. The molecule has 1 aromatic carbocycles. The predicted octanol–water partition coefficient (Wildman–Crippen LogP) is 2.55. The number of hydrogen-bond donors (Lipinski definition) is 0. The molecule has 1 amide bonds. The molecule has 0 N–H and O–H groups in total. The van der Waals surface area contributed by atoms with Gasteiger partial charge in [-0.05, 0) is 13.0 Å². The zero-order chi connectivity index (χ0) is 13.8. The summed E-state index contributed by atoms with van der Waals surface area (Å²) in [4.78, 5) is 17.8. The third kappa shape index (κ3) is 2.59. The van der Waals surface area contributed by atoms with Crippen LogP contribution in [0.4, 0.5) is 4.79 Å². The first-order chi connectivity index (χ1) is 9.15. The highest BCUT2D eigenvalue weighted by Gasteiger charge is 2.20. The van der Waals surface area contributed by atoms with E-state index in [2.05, 4.69) is 4.98 Å². The Balaban J connectivity index is 2.23. The number of aromatic nitrogens is 2. The van der Waals surface area contributed by atoms with E-state index in [0.29, 0.717) is 0 Å². The van der Waals surface area contributed by atoms with Gasteiger partial charge in [0.15, 0.2) is 0 Å². The number of nitrogens with zero attached hydrogens (tertiary/aromatic N) is 3. The van der Waals surface area contributed by atoms with E-state index in [4.69, 9.17) is 4.74 Å². The van der Waals surface area contributed by atoms with E-state index in [9.17, 15) is 4.79 Å². The first-order valence-electron chi connectivity index (χ1n) is 6.03. The third-order valence-corrected chi connectivity index (χ3v) is 3.20. The summed E-state index contributed by atoms with van der Waals surface area (Å²) >= 11 is 0. The van der Waals surface area contributed by atoms with E-state index in [0.717, 1.165) is 11.3 Å². The van der Waals surface area contributed by atoms with Crippen LogP contribution in [0.2, 0.25) is 0 Å². The Morgan fingerprint density at radius 2 is 2.16 bits per heavy atom. The number of amides is 1. The van der Waals surface area contributed by atoms with Gasteiger partial charge in [-0.25, -0.2) is 9.78 Å². The second-order valence-electron chi connectivity index (χ2n) is 4.28. The average Bonchev–Trinajstić information content (AvgIpc) is 2.99. The Bertz CT molecular complexity index is 552. The molecule has 0 spiro atoms. The minimum absolute atomic E-state index is 0.0916. The van der Waals surface area contributed by atoms with Gasteiger partial charge in [-0.1, -0.05) is 18.2 Å². The van der Waals surface area contributed by atoms with Crippen molar-refractivity contribution >= 4 is 6.03 Å². The van der Waals surface area contributed by atoms with E-state index in [1.807, 2.05) is 31.2 Å². The van der Waals surface area contributed by atoms with Crippen molar-refractivity contribution in [3.05, 3.63) is 48.5 Å². The SMILES string of the molecule is COc1ccccc1C(C)N(C)C(=O)n1ccnc1. The fourth-order valence-corrected chi connectivity index (χ4v) is 1.94. The summed E-state index contributed by atoms with van der Waals surface area (Å²) in [5.74, 6) is 0.778. The standard InChI is InChI=1S/C14H17N3O2/c1-11(12-6-4-5-7-13(12)19-3)16(2)14(18)17-9-8-15-10-17/h4-11H,1-3H3. The number of carbonyl (C=O) groups excluding carboxylic acids is 1. The molecule has 0 aliphatic rings. The Kier molecular flexibility index (Phi) is 3.85. The van der Waals surface area contributed by atoms with E-state index in [1.165, 1.54) is 10.9 Å². The highest BCUT2D eigenvalue weighted by molar-refractivity contribution is 5.77. The van der Waals surface area contributed by atoms with Crippen molar-refractivity contribution in [3.63, 3.8) is 0 Å². The van der Waals surface area contributed by atoms with Gasteiger partial charge in [-0.2, -0.15) is 0 Å². The van der Waals surface area contributed by atoms with Crippen molar-refractivity contribution in [1.82, 2.24) is 14.5 Å². The van der Waals surface area contributed by atoms with Crippen LogP contribution in [0.1, 0.15) is 18.5 Å². The summed E-state index contributed by atoms with van der Waals surface area (Å²) in [7, 11) is 3.39. The van der Waals surface area contributed by atoms with Gasteiger partial charge < -0.3 is 9.64 Å². The summed E-state index contributed by atoms with van der Waals surface area (Å²) in [5.41, 5.74) is 0.973. The van der Waals surface area contributed by atoms with Gasteiger partial charge in [-0.15, -0.1) is 0 Å². The predicted molar refractivity (Wildman–Crippen MR) is 72.2 cm³/mol. The van der Waals surface area contributed by atoms with Crippen LogP contribution in [-0.2, 0) is 0 Å². The zero-order valence-corrected chi connectivity index (χ0v) is 11.3. The van der Waals surface area contributed by atoms with Crippen LogP contribution in [0.3, 0.4) is 0 Å². The molecular weight excluding hydrogens is 242 g/mol. The molecule has 0 aliphatic heterocycles. The normalized spacial score (nSPS) is 11.9. The molecule has 1 unspecified atom stereocenters. The molecule has 0 saturated heterocycles. The fraction of sp³-hybridized carbons (Fsp3) is 0.286. The fourth-order valence-electron chi connectivity index (χ4n) is 1.94. The summed E-state index contributed by atoms with van der Waals surface area (Å²) in [5, 5.41) is 0. The number of rotatable bonds is 3. The Morgan fingerprint density at radius 3 is 2.79 bits per heavy atom. The maximum atomic E-state index is 12.2. The number of methoxy groups -OCH3 is 1. The smallest absolute Gasteiger partial charge is 0.329 e. The van der Waals surface area contributed by atoms with Crippen molar-refractivity contribution in [3.8, 4) is 5.75 Å². The Labute approximate surface area is 112 Å². The lowest BCUT2D eigenvalue weighted by Crippen LogP contribution is -2.32. The highest BCUT2D eigenvalue weighted by atomic mass is 16.5. The summed E-state index contributed by atoms with van der Waals surface area (Å²) in [6.45, 7) is 1.96. The minimum Gasteiger partial charge on any atom is -0.496 e. The molecule has 0 radical (unpaired) electrons. The highest BCUT2D eigenvalue weighted by Crippen LogP contribution is 2.28. The van der Waals surface area contributed by atoms with Crippen LogP contribution in [0.25, 0.3) is 0 Å². The van der Waals surface area contributed by atoms with E-state index in [1.54, 1.807) is 31.5 Å². The number of ether oxygens (including phenoxy) is 1. The van der Waals surface area contributed by atoms with Crippen molar-refractivity contribution in [2.24, 2.45) is 0 Å². The number of hydrogen-bond acceptors (Lipinski definition) is 3. The molecule has 5 nitrogen and oxygen atoms in total. The molecule has 1 atom stereocenters. The van der Waals surface area contributed by atoms with Crippen LogP contribution in [0.15, 0.2) is 43.0 Å². The summed E-state index contributed by atoms with van der Waals surface area (Å²) in [6, 6.07) is 7.47. The first kappa shape index (κ1) is 13.1. The second-order valence-corrected chi connectivity index (χ2v) is 4.28. The van der Waals surface area contributed by atoms with Gasteiger partial charge in [0.1, 0.15) is 12.1 Å². The van der Waals surface area contributed by atoms with Crippen molar-refractivity contribution in [2.75, 3.05) is 14.2 Å². The quantitative estimate of drug-likeness (QED) is 0.851. The Morgan fingerprint density at radius 1 is 1.42 bits per heavy atom. The van der Waals surface area contributed by atoms with Gasteiger partial charge >= 0.3 is 6.03 Å². The lowest BCUT2D eigenvalue weighted by atomic mass is 10.1. The van der Waals surface area contributed by atoms with E-state index in [-0.39, 0.29) is 12.1 Å². The molecule has 100 valence electrons.